The number of benzene rings is 2. The molecule has 1 atom stereocenters. The topological polar surface area (TPSA) is 128 Å². The lowest BCUT2D eigenvalue weighted by atomic mass is 10.1. The van der Waals surface area contributed by atoms with Gasteiger partial charge in [-0.2, -0.15) is 8.70 Å². The van der Waals surface area contributed by atoms with Crippen molar-refractivity contribution < 1.29 is 27.1 Å². The molecule has 1 fully saturated rings. The number of hydrogen-bond donors (Lipinski definition) is 2. The van der Waals surface area contributed by atoms with Gasteiger partial charge in [-0.3, -0.25) is 4.79 Å². The van der Waals surface area contributed by atoms with E-state index in [9.17, 15) is 17.6 Å². The van der Waals surface area contributed by atoms with E-state index in [0.29, 0.717) is 21.9 Å². The predicted molar refractivity (Wildman–Crippen MR) is 135 cm³/mol. The molecule has 1 aliphatic heterocycles. The Hall–Kier alpha value is -3.51. The second-order valence-electron chi connectivity index (χ2n) is 8.45. The highest BCUT2D eigenvalue weighted by atomic mass is 35.5. The number of nitrogens with two attached hydrogens (primary N) is 1. The number of nitrogens with one attached hydrogen (secondary N) is 1. The molecule has 12 heteroatoms. The normalized spacial score (nSPS) is 16.6. The Morgan fingerprint density at radius 2 is 2.03 bits per heavy atom. The zero-order valence-electron chi connectivity index (χ0n) is 19.4. The van der Waals surface area contributed by atoms with Crippen LogP contribution < -0.4 is 10.5 Å². The highest BCUT2D eigenvalue weighted by Gasteiger charge is 2.36. The Balaban J connectivity index is 1.35. The summed E-state index contributed by atoms with van der Waals surface area (Å²) in [6, 6.07) is 14.8. The number of sulfonamides is 1. The van der Waals surface area contributed by atoms with Crippen LogP contribution in [0.5, 0.6) is 5.75 Å². The number of rotatable bonds is 7. The van der Waals surface area contributed by atoms with Crippen molar-refractivity contribution in [3.8, 4) is 16.9 Å². The van der Waals surface area contributed by atoms with Crippen LogP contribution in [0, 0.1) is 5.95 Å². The lowest BCUT2D eigenvalue weighted by Gasteiger charge is -2.32. The average Bonchev–Trinajstić information content (AvgIpc) is 3.28. The minimum absolute atomic E-state index is 0.00301. The molecule has 0 saturated carbocycles. The van der Waals surface area contributed by atoms with E-state index in [1.165, 1.54) is 22.6 Å². The third kappa shape index (κ3) is 5.16. The van der Waals surface area contributed by atoms with E-state index >= 15 is 0 Å². The molecule has 2 aromatic heterocycles. The van der Waals surface area contributed by atoms with Crippen molar-refractivity contribution >= 4 is 38.4 Å². The van der Waals surface area contributed by atoms with Crippen molar-refractivity contribution in [3.05, 3.63) is 77.5 Å². The molecular weight excluding hydrogens is 523 g/mol. The number of primary amides is 1. The Labute approximate surface area is 217 Å². The zero-order chi connectivity index (χ0) is 26.2. The molecule has 0 bridgehead atoms. The van der Waals surface area contributed by atoms with Gasteiger partial charge in [0.1, 0.15) is 29.0 Å². The molecule has 9 nitrogen and oxygen atoms in total. The number of pyridine rings is 1. The first kappa shape index (κ1) is 25.2. The van der Waals surface area contributed by atoms with Crippen LogP contribution in [-0.4, -0.2) is 61.0 Å². The molecular formula is C25H22ClFN4O5S. The molecule has 5 rings (SSSR count). The first-order valence-electron chi connectivity index (χ1n) is 11.3. The van der Waals surface area contributed by atoms with Crippen LogP contribution in [-0.2, 0) is 14.8 Å². The van der Waals surface area contributed by atoms with Crippen LogP contribution in [0.1, 0.15) is 10.5 Å². The number of hydrogen-bond acceptors (Lipinski definition) is 6. The van der Waals surface area contributed by atoms with Crippen molar-refractivity contribution in [1.82, 2.24) is 14.3 Å². The summed E-state index contributed by atoms with van der Waals surface area (Å²) < 4.78 is 53.7. The molecule has 4 aromatic rings. The summed E-state index contributed by atoms with van der Waals surface area (Å²) in [5, 5.41) is 0.605. The van der Waals surface area contributed by atoms with Gasteiger partial charge in [0, 0.05) is 41.3 Å². The highest BCUT2D eigenvalue weighted by Crippen LogP contribution is 2.32. The number of H-pyrrole nitrogens is 1. The Bertz CT molecular complexity index is 1590. The van der Waals surface area contributed by atoms with E-state index in [-0.39, 0.29) is 42.3 Å². The average molecular weight is 545 g/mol. The second-order valence-corrected chi connectivity index (χ2v) is 10.8. The van der Waals surface area contributed by atoms with Gasteiger partial charge in [0.15, 0.2) is 0 Å². The maximum absolute atomic E-state index is 13.7. The largest absolute Gasteiger partial charge is 0.491 e. The maximum Gasteiger partial charge on any atom is 0.266 e. The lowest BCUT2D eigenvalue weighted by molar-refractivity contribution is -0.0249. The number of ether oxygens (including phenoxy) is 2. The summed E-state index contributed by atoms with van der Waals surface area (Å²) in [4.78, 5) is 18.2. The maximum atomic E-state index is 13.7. The van der Waals surface area contributed by atoms with E-state index in [1.54, 1.807) is 36.4 Å². The van der Waals surface area contributed by atoms with Gasteiger partial charge < -0.3 is 20.2 Å². The van der Waals surface area contributed by atoms with Crippen molar-refractivity contribution in [1.29, 1.82) is 0 Å². The highest BCUT2D eigenvalue weighted by molar-refractivity contribution is 7.89. The SMILES string of the molecule is NC(=O)c1[nH]c2ccc(Cl)cc2c1S(=O)(=O)N1CCO[C@H](COc2cccc(-c3ccnc(F)c3)c2)C1. The summed E-state index contributed by atoms with van der Waals surface area (Å²) in [6.07, 6.45) is 0.811. The molecule has 3 N–H and O–H groups in total. The number of carbonyl (C=O) groups is 1. The molecule has 1 aliphatic rings. The fourth-order valence-electron chi connectivity index (χ4n) is 4.26. The lowest BCUT2D eigenvalue weighted by Crippen LogP contribution is -2.47. The van der Waals surface area contributed by atoms with Crippen molar-refractivity contribution in [2.45, 2.75) is 11.0 Å². The van der Waals surface area contributed by atoms with Crippen molar-refractivity contribution in [3.63, 3.8) is 0 Å². The molecule has 1 saturated heterocycles. The summed E-state index contributed by atoms with van der Waals surface area (Å²) in [6.45, 7) is 0.303. The van der Waals surface area contributed by atoms with E-state index in [0.717, 1.165) is 5.56 Å². The number of aromatic nitrogens is 2. The summed E-state index contributed by atoms with van der Waals surface area (Å²) >= 11 is 6.10. The molecule has 0 radical (unpaired) electrons. The standard InChI is InChI=1S/C25H22ClFN4O5S/c26-17-4-5-21-20(12-17)24(23(30-21)25(28)32)37(33,34)31-8-9-35-19(13-31)14-36-18-3-1-2-15(10-18)16-6-7-29-22(27)11-16/h1-7,10-12,19,30H,8-9,13-14H2,(H2,28,32)/t19-/m0/s1. The van der Waals surface area contributed by atoms with E-state index in [1.807, 2.05) is 6.07 Å². The molecule has 37 heavy (non-hydrogen) atoms. The fourth-order valence-corrected chi connectivity index (χ4v) is 6.22. The molecule has 192 valence electrons. The summed E-state index contributed by atoms with van der Waals surface area (Å²) in [5.74, 6) is -0.966. The van der Waals surface area contributed by atoms with Crippen LogP contribution in [0.2, 0.25) is 5.02 Å². The smallest absolute Gasteiger partial charge is 0.266 e. The Kier molecular flexibility index (Phi) is 6.86. The number of nitrogens with zero attached hydrogens (tertiary/aromatic N) is 2. The number of halogens is 2. The third-order valence-electron chi connectivity index (χ3n) is 5.99. The van der Waals surface area contributed by atoms with Crippen LogP contribution >= 0.6 is 11.6 Å². The summed E-state index contributed by atoms with van der Waals surface area (Å²) in [5.41, 5.74) is 7.10. The minimum Gasteiger partial charge on any atom is -0.491 e. The monoisotopic (exact) mass is 544 g/mol. The van der Waals surface area contributed by atoms with Crippen LogP contribution in [0.3, 0.4) is 0 Å². The van der Waals surface area contributed by atoms with E-state index in [4.69, 9.17) is 26.8 Å². The molecule has 2 aromatic carbocycles. The Morgan fingerprint density at radius 1 is 1.22 bits per heavy atom. The van der Waals surface area contributed by atoms with Gasteiger partial charge in [-0.05, 0) is 47.5 Å². The molecule has 0 spiro atoms. The first-order chi connectivity index (χ1) is 17.7. The molecule has 0 unspecified atom stereocenters. The number of fused-ring (bicyclic) bond motifs is 1. The van der Waals surface area contributed by atoms with Gasteiger partial charge in [0.25, 0.3) is 5.91 Å². The van der Waals surface area contributed by atoms with Crippen molar-refractivity contribution in [2.75, 3.05) is 26.3 Å². The summed E-state index contributed by atoms with van der Waals surface area (Å²) in [7, 11) is -4.13. The van der Waals surface area contributed by atoms with Gasteiger partial charge in [-0.1, -0.05) is 23.7 Å². The van der Waals surface area contributed by atoms with Gasteiger partial charge in [-0.25, -0.2) is 13.4 Å². The minimum atomic E-state index is -4.13. The van der Waals surface area contributed by atoms with Crippen LogP contribution in [0.4, 0.5) is 4.39 Å². The Morgan fingerprint density at radius 3 is 2.81 bits per heavy atom. The number of aromatic amines is 1. The van der Waals surface area contributed by atoms with E-state index in [2.05, 4.69) is 9.97 Å². The fraction of sp³-hybridized carbons (Fsp3) is 0.200. The predicted octanol–water partition coefficient (Wildman–Crippen LogP) is 3.59. The van der Waals surface area contributed by atoms with Gasteiger partial charge in [0.05, 0.1) is 6.61 Å². The number of carbonyl (C=O) groups excluding carboxylic acids is 1. The van der Waals surface area contributed by atoms with Gasteiger partial charge >= 0.3 is 0 Å². The van der Waals surface area contributed by atoms with E-state index < -0.39 is 28.0 Å². The molecule has 0 aliphatic carbocycles. The number of amides is 1. The van der Waals surface area contributed by atoms with Gasteiger partial charge in [-0.15, -0.1) is 0 Å². The molecule has 3 heterocycles. The molecule has 1 amide bonds. The van der Waals surface area contributed by atoms with Crippen molar-refractivity contribution in [2.24, 2.45) is 5.73 Å². The quantitative estimate of drug-likeness (QED) is 0.342. The zero-order valence-corrected chi connectivity index (χ0v) is 20.9. The van der Waals surface area contributed by atoms with Crippen LogP contribution in [0.25, 0.3) is 22.0 Å². The van der Waals surface area contributed by atoms with Crippen LogP contribution in [0.15, 0.2) is 65.7 Å². The second kappa shape index (κ2) is 10.1. The first-order valence-corrected chi connectivity index (χ1v) is 13.1. The third-order valence-corrected chi connectivity index (χ3v) is 8.18. The van der Waals surface area contributed by atoms with Gasteiger partial charge in [0.2, 0.25) is 16.0 Å². The number of morpholine rings is 1.